The van der Waals surface area contributed by atoms with Gasteiger partial charge in [0.05, 0.1) is 35.2 Å². The lowest BCUT2D eigenvalue weighted by Crippen LogP contribution is -2.17. The maximum atomic E-state index is 13.6. The van der Waals surface area contributed by atoms with Crippen molar-refractivity contribution in [2.24, 2.45) is 7.05 Å². The van der Waals surface area contributed by atoms with E-state index in [1.165, 1.54) is 12.8 Å². The first-order valence-corrected chi connectivity index (χ1v) is 13.6. The van der Waals surface area contributed by atoms with Crippen molar-refractivity contribution in [1.82, 2.24) is 34.3 Å². The largest absolute Gasteiger partial charge is 0.330 e. The van der Waals surface area contributed by atoms with E-state index < -0.39 is 0 Å². The van der Waals surface area contributed by atoms with Crippen LogP contribution in [0.2, 0.25) is 0 Å². The molecule has 0 spiro atoms. The third-order valence-electron chi connectivity index (χ3n) is 7.43. The highest BCUT2D eigenvalue weighted by atomic mass is 16.2. The fraction of sp³-hybridized carbons (Fsp3) is 0.323. The normalized spacial score (nSPS) is 13.6. The summed E-state index contributed by atoms with van der Waals surface area (Å²) < 4.78 is 5.58. The van der Waals surface area contributed by atoms with Crippen LogP contribution in [-0.4, -0.2) is 40.2 Å². The highest BCUT2D eigenvalue weighted by Gasteiger charge is 2.29. The first-order valence-electron chi connectivity index (χ1n) is 13.6. The standard InChI is InChI=1S/C31H34N8O/c1-19-7-13-23(14-8-19)39-26(16-28(35-39)31(3,4)5)30(40)33-22-12-9-20(2)25(15-22)38-18-24(34-36-38)27-17-32-29(37(27)6)21-10-11-21/h7-9,12-18,21H,10-11H2,1-6H3,(H,33,40). The van der Waals surface area contributed by atoms with E-state index in [0.717, 1.165) is 45.4 Å². The van der Waals surface area contributed by atoms with Gasteiger partial charge in [0.2, 0.25) is 0 Å². The van der Waals surface area contributed by atoms with Crippen molar-refractivity contribution in [2.45, 2.75) is 58.8 Å². The van der Waals surface area contributed by atoms with E-state index in [2.05, 4.69) is 46.0 Å². The predicted octanol–water partition coefficient (Wildman–Crippen LogP) is 5.90. The van der Waals surface area contributed by atoms with Crippen LogP contribution in [0.4, 0.5) is 5.69 Å². The Balaban J connectivity index is 1.29. The molecule has 9 heteroatoms. The summed E-state index contributed by atoms with van der Waals surface area (Å²) in [6.45, 7) is 10.3. The average Bonchev–Trinajstić information content (AvgIpc) is 3.29. The van der Waals surface area contributed by atoms with E-state index in [1.54, 1.807) is 9.36 Å². The minimum Gasteiger partial charge on any atom is -0.330 e. The summed E-state index contributed by atoms with van der Waals surface area (Å²) in [5.74, 6) is 1.42. The zero-order valence-corrected chi connectivity index (χ0v) is 23.8. The Kier molecular flexibility index (Phi) is 6.17. The summed E-state index contributed by atoms with van der Waals surface area (Å²) in [4.78, 5) is 18.2. The molecule has 3 heterocycles. The molecule has 5 aromatic rings. The van der Waals surface area contributed by atoms with E-state index in [9.17, 15) is 4.79 Å². The Morgan fingerprint density at radius 3 is 2.48 bits per heavy atom. The summed E-state index contributed by atoms with van der Waals surface area (Å²) in [6.07, 6.45) is 6.16. The number of nitrogens with one attached hydrogen (secondary N) is 1. The van der Waals surface area contributed by atoms with Gasteiger partial charge in [-0.2, -0.15) is 5.10 Å². The first kappa shape index (κ1) is 25.7. The molecule has 1 fully saturated rings. The second-order valence-electron chi connectivity index (χ2n) is 11.8. The van der Waals surface area contributed by atoms with Gasteiger partial charge in [-0.25, -0.2) is 14.3 Å². The van der Waals surface area contributed by atoms with E-state index in [-0.39, 0.29) is 11.3 Å². The third-order valence-corrected chi connectivity index (χ3v) is 7.43. The molecule has 0 radical (unpaired) electrons. The number of anilines is 1. The van der Waals surface area contributed by atoms with Crippen molar-refractivity contribution in [3.05, 3.63) is 89.3 Å². The van der Waals surface area contributed by atoms with Gasteiger partial charge in [0, 0.05) is 24.1 Å². The molecule has 1 aliphatic carbocycles. The number of aromatic nitrogens is 7. The van der Waals surface area contributed by atoms with Crippen LogP contribution < -0.4 is 5.32 Å². The molecule has 1 saturated carbocycles. The number of nitrogens with zero attached hydrogens (tertiary/aromatic N) is 7. The lowest BCUT2D eigenvalue weighted by atomic mass is 9.92. The number of imidazole rings is 1. The maximum Gasteiger partial charge on any atom is 0.274 e. The fourth-order valence-corrected chi connectivity index (χ4v) is 4.80. The van der Waals surface area contributed by atoms with Gasteiger partial charge in [-0.1, -0.05) is 49.7 Å². The summed E-state index contributed by atoms with van der Waals surface area (Å²) in [5.41, 5.74) is 7.30. The molecular formula is C31H34N8O. The number of hydrogen-bond donors (Lipinski definition) is 1. The summed E-state index contributed by atoms with van der Waals surface area (Å²) in [7, 11) is 2.03. The Labute approximate surface area is 233 Å². The molecule has 3 aromatic heterocycles. The van der Waals surface area contributed by atoms with Gasteiger partial charge < -0.3 is 9.88 Å². The number of aryl methyl sites for hydroxylation is 2. The molecule has 1 N–H and O–H groups in total. The lowest BCUT2D eigenvalue weighted by Gasteiger charge is -2.14. The SMILES string of the molecule is Cc1ccc(-n2nc(C(C)(C)C)cc2C(=O)Nc2ccc(C)c(-n3cc(-c4cnc(C5CC5)n4C)nn3)c2)cc1. The number of carbonyl (C=O) groups excluding carboxylic acids is 1. The quantitative estimate of drug-likeness (QED) is 0.293. The fourth-order valence-electron chi connectivity index (χ4n) is 4.80. The number of amides is 1. The van der Waals surface area contributed by atoms with Gasteiger partial charge in [0.1, 0.15) is 17.2 Å². The van der Waals surface area contributed by atoms with Crippen LogP contribution in [0.15, 0.2) is 60.9 Å². The van der Waals surface area contributed by atoms with Crippen LogP contribution >= 0.6 is 0 Å². The van der Waals surface area contributed by atoms with Gasteiger partial charge in [0.15, 0.2) is 0 Å². The number of rotatable bonds is 6. The summed E-state index contributed by atoms with van der Waals surface area (Å²) in [6, 6.07) is 15.7. The lowest BCUT2D eigenvalue weighted by molar-refractivity contribution is 0.101. The second-order valence-corrected chi connectivity index (χ2v) is 11.8. The Morgan fingerprint density at radius 1 is 1.02 bits per heavy atom. The van der Waals surface area contributed by atoms with Crippen LogP contribution in [-0.2, 0) is 12.5 Å². The first-order chi connectivity index (χ1) is 19.1. The van der Waals surface area contributed by atoms with Gasteiger partial charge >= 0.3 is 0 Å². The van der Waals surface area contributed by atoms with Gasteiger partial charge in [-0.3, -0.25) is 4.79 Å². The predicted molar refractivity (Wildman–Crippen MR) is 155 cm³/mol. The zero-order chi connectivity index (χ0) is 28.2. The molecule has 1 amide bonds. The van der Waals surface area contributed by atoms with E-state index in [4.69, 9.17) is 5.10 Å². The number of hydrogen-bond acceptors (Lipinski definition) is 5. The van der Waals surface area contributed by atoms with Crippen LogP contribution in [0.3, 0.4) is 0 Å². The minimum atomic E-state index is -0.236. The smallest absolute Gasteiger partial charge is 0.274 e. The van der Waals surface area contributed by atoms with Crippen molar-refractivity contribution >= 4 is 11.6 Å². The molecule has 0 atom stereocenters. The summed E-state index contributed by atoms with van der Waals surface area (Å²) in [5, 5.41) is 16.7. The molecule has 0 saturated heterocycles. The second kappa shape index (κ2) is 9.59. The van der Waals surface area contributed by atoms with Crippen LogP contribution in [0.5, 0.6) is 0 Å². The molecule has 1 aliphatic rings. The highest BCUT2D eigenvalue weighted by Crippen LogP contribution is 2.40. The van der Waals surface area contributed by atoms with Crippen molar-refractivity contribution in [2.75, 3.05) is 5.32 Å². The molecule has 0 aliphatic heterocycles. The molecule has 40 heavy (non-hydrogen) atoms. The van der Waals surface area contributed by atoms with Gasteiger partial charge in [0.25, 0.3) is 5.91 Å². The highest BCUT2D eigenvalue weighted by molar-refractivity contribution is 6.03. The molecule has 2 aromatic carbocycles. The van der Waals surface area contributed by atoms with Crippen LogP contribution in [0, 0.1) is 13.8 Å². The molecule has 9 nitrogen and oxygen atoms in total. The zero-order valence-electron chi connectivity index (χ0n) is 23.8. The maximum absolute atomic E-state index is 13.6. The number of carbonyl (C=O) groups is 1. The van der Waals surface area contributed by atoms with Gasteiger partial charge in [-0.05, 0) is 62.6 Å². The average molecular weight is 535 g/mol. The Morgan fingerprint density at radius 2 is 1.77 bits per heavy atom. The van der Waals surface area contributed by atoms with Crippen LogP contribution in [0.25, 0.3) is 22.8 Å². The van der Waals surface area contributed by atoms with Crippen molar-refractivity contribution < 1.29 is 4.79 Å². The monoisotopic (exact) mass is 534 g/mol. The number of benzene rings is 2. The van der Waals surface area contributed by atoms with Gasteiger partial charge in [-0.15, -0.1) is 5.10 Å². The topological polar surface area (TPSA) is 95.5 Å². The van der Waals surface area contributed by atoms with E-state index in [0.29, 0.717) is 17.3 Å². The molecular weight excluding hydrogens is 500 g/mol. The Hall–Kier alpha value is -4.53. The molecule has 0 bridgehead atoms. The van der Waals surface area contributed by atoms with E-state index in [1.807, 2.05) is 81.8 Å². The summed E-state index contributed by atoms with van der Waals surface area (Å²) >= 11 is 0. The molecule has 0 unspecified atom stereocenters. The van der Waals surface area contributed by atoms with Crippen molar-refractivity contribution in [1.29, 1.82) is 0 Å². The molecule has 204 valence electrons. The van der Waals surface area contributed by atoms with E-state index >= 15 is 0 Å². The van der Waals surface area contributed by atoms with Crippen LogP contribution in [0.1, 0.15) is 72.7 Å². The van der Waals surface area contributed by atoms with Crippen molar-refractivity contribution in [3.63, 3.8) is 0 Å². The molecule has 6 rings (SSSR count). The minimum absolute atomic E-state index is 0.208. The van der Waals surface area contributed by atoms with Crippen molar-refractivity contribution in [3.8, 4) is 22.8 Å². The Bertz CT molecular complexity index is 1710. The third kappa shape index (κ3) is 4.83.